The Kier molecular flexibility index (Phi) is 4.06. The fraction of sp³-hybridized carbons (Fsp3) is 0.846. The number of sulfone groups is 1. The Hall–Kier alpha value is -0.890. The van der Waals surface area contributed by atoms with Gasteiger partial charge in [0, 0.05) is 18.8 Å². The topological polar surface area (TPSA) is 75.0 Å². The van der Waals surface area contributed by atoms with Crippen molar-refractivity contribution in [1.82, 2.24) is 0 Å². The van der Waals surface area contributed by atoms with Gasteiger partial charge < -0.3 is 0 Å². The Morgan fingerprint density at radius 1 is 1.22 bits per heavy atom. The first-order valence-corrected chi connectivity index (χ1v) is 8.29. The Balaban J connectivity index is 1.98. The molecule has 2 heterocycles. The second-order valence-electron chi connectivity index (χ2n) is 5.41. The predicted octanol–water partition coefficient (Wildman–Crippen LogP) is 2.00. The van der Waals surface area contributed by atoms with E-state index in [0.717, 1.165) is 19.3 Å². The summed E-state index contributed by atoms with van der Waals surface area (Å²) < 4.78 is 24.1. The Bertz CT molecular complexity index is 443. The minimum Gasteiger partial charge on any atom is -0.299 e. The maximum atomic E-state index is 12.1. The van der Waals surface area contributed by atoms with Gasteiger partial charge in [-0.25, -0.2) is 8.42 Å². The number of hydrogen-bond acceptors (Lipinski definition) is 4. The van der Waals surface area contributed by atoms with E-state index >= 15 is 0 Å². The Morgan fingerprint density at radius 3 is 2.39 bits per heavy atom. The number of carbonyl (C=O) groups is 1. The summed E-state index contributed by atoms with van der Waals surface area (Å²) in [6.07, 6.45) is 4.90. The molecular weight excluding hydrogens is 250 g/mol. The monoisotopic (exact) mass is 269 g/mol. The largest absolute Gasteiger partial charge is 0.299 e. The van der Waals surface area contributed by atoms with E-state index in [1.54, 1.807) is 0 Å². The molecule has 2 rings (SSSR count). The number of rotatable bonds is 4. The summed E-state index contributed by atoms with van der Waals surface area (Å²) in [5.41, 5.74) is 0. The average Bonchev–Trinajstić information content (AvgIpc) is 2.27. The molecule has 0 aliphatic carbocycles. The minimum atomic E-state index is -2.96. The smallest absolute Gasteiger partial charge is 0.156 e. The van der Waals surface area contributed by atoms with E-state index in [2.05, 4.69) is 0 Å². The van der Waals surface area contributed by atoms with Crippen LogP contribution in [0.2, 0.25) is 0 Å². The zero-order chi connectivity index (χ0) is 13.2. The minimum absolute atomic E-state index is 0.0810. The average molecular weight is 269 g/mol. The number of unbranched alkanes of at least 4 members (excludes halogenated alkanes) is 1. The number of nitriles is 1. The molecule has 4 nitrogen and oxygen atoms in total. The summed E-state index contributed by atoms with van der Waals surface area (Å²) in [5.74, 6) is 0.0829. The number of Topliss-reactive ketones (excluding diaryl/α,β-unsaturated/α-hetero) is 1. The van der Waals surface area contributed by atoms with Crippen LogP contribution in [0.4, 0.5) is 0 Å². The van der Waals surface area contributed by atoms with Gasteiger partial charge in [0.1, 0.15) is 5.78 Å². The normalized spacial score (nSPS) is 33.6. The van der Waals surface area contributed by atoms with Crippen molar-refractivity contribution in [2.24, 2.45) is 5.92 Å². The fourth-order valence-corrected chi connectivity index (χ4v) is 5.75. The summed E-state index contributed by atoms with van der Waals surface area (Å²) in [4.78, 5) is 12.0. The molecule has 0 saturated carbocycles. The van der Waals surface area contributed by atoms with Gasteiger partial charge in [0.2, 0.25) is 0 Å². The van der Waals surface area contributed by atoms with Gasteiger partial charge >= 0.3 is 0 Å². The first-order chi connectivity index (χ1) is 8.55. The summed E-state index contributed by atoms with van der Waals surface area (Å²) in [6.45, 7) is 0. The van der Waals surface area contributed by atoms with E-state index in [-0.39, 0.29) is 22.2 Å². The summed E-state index contributed by atoms with van der Waals surface area (Å²) in [6, 6.07) is 2.03. The second kappa shape index (κ2) is 5.40. The van der Waals surface area contributed by atoms with Crippen molar-refractivity contribution in [2.75, 3.05) is 0 Å². The van der Waals surface area contributed by atoms with Crippen molar-refractivity contribution in [3.63, 3.8) is 0 Å². The molecule has 0 radical (unpaired) electrons. The second-order valence-corrected chi connectivity index (χ2v) is 7.92. The van der Waals surface area contributed by atoms with E-state index in [1.165, 1.54) is 0 Å². The zero-order valence-electron chi connectivity index (χ0n) is 10.5. The third kappa shape index (κ3) is 2.59. The van der Waals surface area contributed by atoms with Gasteiger partial charge in [0.15, 0.2) is 9.84 Å². The number of carbonyl (C=O) groups excluding carboxylic acids is 1. The van der Waals surface area contributed by atoms with Crippen LogP contribution >= 0.6 is 0 Å². The molecule has 100 valence electrons. The molecule has 2 bridgehead atoms. The molecule has 2 aliphatic rings. The van der Waals surface area contributed by atoms with E-state index < -0.39 is 9.84 Å². The van der Waals surface area contributed by atoms with Crippen LogP contribution in [0.1, 0.15) is 51.4 Å². The molecule has 0 aromatic heterocycles. The van der Waals surface area contributed by atoms with Gasteiger partial charge in [-0.3, -0.25) is 4.79 Å². The van der Waals surface area contributed by atoms with Crippen molar-refractivity contribution in [2.45, 2.75) is 61.9 Å². The molecule has 2 fully saturated rings. The molecule has 18 heavy (non-hydrogen) atoms. The van der Waals surface area contributed by atoms with Crippen molar-refractivity contribution in [1.29, 1.82) is 5.26 Å². The first-order valence-electron chi connectivity index (χ1n) is 6.68. The van der Waals surface area contributed by atoms with Gasteiger partial charge in [-0.2, -0.15) is 5.26 Å². The van der Waals surface area contributed by atoms with Crippen LogP contribution in [0, 0.1) is 17.2 Å². The third-order valence-corrected chi connectivity index (χ3v) is 6.96. The van der Waals surface area contributed by atoms with Gasteiger partial charge in [-0.05, 0) is 32.1 Å². The molecule has 2 unspecified atom stereocenters. The van der Waals surface area contributed by atoms with Gasteiger partial charge in [0.05, 0.1) is 16.6 Å². The Labute approximate surface area is 108 Å². The third-order valence-electron chi connectivity index (χ3n) is 4.24. The summed E-state index contributed by atoms with van der Waals surface area (Å²) in [7, 11) is -2.96. The standard InChI is InChI=1S/C13H19NO3S/c14-7-2-1-6-13(15)10-8-11-4-3-5-12(9-10)18(11,16)17/h10-12H,1-6,8-9H2. The lowest BCUT2D eigenvalue weighted by Gasteiger charge is -2.38. The van der Waals surface area contributed by atoms with Crippen molar-refractivity contribution in [3.8, 4) is 6.07 Å². The van der Waals surface area contributed by atoms with Crippen LogP contribution in [-0.2, 0) is 14.6 Å². The lowest BCUT2D eigenvalue weighted by atomic mass is 9.85. The highest BCUT2D eigenvalue weighted by molar-refractivity contribution is 7.92. The van der Waals surface area contributed by atoms with E-state index in [9.17, 15) is 13.2 Å². The van der Waals surface area contributed by atoms with E-state index in [0.29, 0.717) is 32.1 Å². The number of hydrogen-bond donors (Lipinski definition) is 0. The van der Waals surface area contributed by atoms with Crippen LogP contribution in [0.25, 0.3) is 0 Å². The van der Waals surface area contributed by atoms with Crippen LogP contribution < -0.4 is 0 Å². The van der Waals surface area contributed by atoms with Gasteiger partial charge in [-0.1, -0.05) is 6.42 Å². The molecule has 2 saturated heterocycles. The predicted molar refractivity (Wildman–Crippen MR) is 67.5 cm³/mol. The van der Waals surface area contributed by atoms with Gasteiger partial charge in [0.25, 0.3) is 0 Å². The molecule has 0 amide bonds. The Morgan fingerprint density at radius 2 is 1.83 bits per heavy atom. The summed E-state index contributed by atoms with van der Waals surface area (Å²) in [5, 5.41) is 7.88. The number of nitrogens with zero attached hydrogens (tertiary/aromatic N) is 1. The highest BCUT2D eigenvalue weighted by Crippen LogP contribution is 2.40. The van der Waals surface area contributed by atoms with Crippen LogP contribution in [0.15, 0.2) is 0 Å². The highest BCUT2D eigenvalue weighted by Gasteiger charge is 2.45. The van der Waals surface area contributed by atoms with Crippen LogP contribution in [-0.4, -0.2) is 24.7 Å². The molecule has 0 spiro atoms. The zero-order valence-corrected chi connectivity index (χ0v) is 11.3. The highest BCUT2D eigenvalue weighted by atomic mass is 32.2. The van der Waals surface area contributed by atoms with Crippen LogP contribution in [0.5, 0.6) is 0 Å². The fourth-order valence-electron chi connectivity index (χ4n) is 3.22. The lowest BCUT2D eigenvalue weighted by Crippen LogP contribution is -2.45. The maximum Gasteiger partial charge on any atom is 0.156 e. The van der Waals surface area contributed by atoms with E-state index in [1.807, 2.05) is 6.07 Å². The van der Waals surface area contributed by atoms with Gasteiger partial charge in [-0.15, -0.1) is 0 Å². The quantitative estimate of drug-likeness (QED) is 0.731. The molecule has 5 heteroatoms. The maximum absolute atomic E-state index is 12.1. The van der Waals surface area contributed by atoms with Crippen molar-refractivity contribution < 1.29 is 13.2 Å². The number of ketones is 1. The molecule has 2 aliphatic heterocycles. The lowest BCUT2D eigenvalue weighted by molar-refractivity contribution is -0.123. The number of fused-ring (bicyclic) bond motifs is 2. The van der Waals surface area contributed by atoms with Crippen molar-refractivity contribution >= 4 is 15.6 Å². The SMILES string of the molecule is N#CCCCC(=O)C1CC2CCCC(C1)S2(=O)=O. The molecule has 0 aromatic rings. The van der Waals surface area contributed by atoms with E-state index in [4.69, 9.17) is 5.26 Å². The molecule has 2 atom stereocenters. The molecule has 0 N–H and O–H groups in total. The summed E-state index contributed by atoms with van der Waals surface area (Å²) >= 11 is 0. The molecule has 0 aromatic carbocycles. The van der Waals surface area contributed by atoms with Crippen molar-refractivity contribution in [3.05, 3.63) is 0 Å². The molecular formula is C13H19NO3S. The first kappa shape index (κ1) is 13.5. The van der Waals surface area contributed by atoms with Crippen LogP contribution in [0.3, 0.4) is 0 Å².